The zero-order valence-electron chi connectivity index (χ0n) is 8.89. The molecule has 0 spiro atoms. The quantitative estimate of drug-likeness (QED) is 0.887. The molecule has 6 heteroatoms. The first-order chi connectivity index (χ1) is 7.87. The molecule has 4 nitrogen and oxygen atoms in total. The van der Waals surface area contributed by atoms with E-state index in [9.17, 15) is 17.6 Å². The van der Waals surface area contributed by atoms with Crippen molar-refractivity contribution in [3.63, 3.8) is 0 Å². The first-order valence-electron chi connectivity index (χ1n) is 5.08. The highest BCUT2D eigenvalue weighted by Gasteiger charge is 2.53. The molecule has 17 heavy (non-hydrogen) atoms. The van der Waals surface area contributed by atoms with Gasteiger partial charge in [-0.25, -0.2) is 12.8 Å². The van der Waals surface area contributed by atoms with Crippen LogP contribution in [0.15, 0.2) is 29.2 Å². The van der Waals surface area contributed by atoms with E-state index in [1.54, 1.807) is 0 Å². The number of rotatable bonds is 4. The topological polar surface area (TPSA) is 71.4 Å². The molecule has 2 rings (SSSR count). The standard InChI is InChI=1S/C11H11FO4S/c12-8-3-1-2-4-9(8)17(15,16)7-11(5-6-11)10(13)14/h1-4H,5-7H2,(H,13,14). The van der Waals surface area contributed by atoms with Crippen LogP contribution in [0, 0.1) is 11.2 Å². The molecular formula is C11H11FO4S. The second kappa shape index (κ2) is 3.80. The minimum atomic E-state index is -3.89. The Labute approximate surface area is 98.0 Å². The Balaban J connectivity index is 2.33. The van der Waals surface area contributed by atoms with Gasteiger partial charge in [0, 0.05) is 0 Å². The summed E-state index contributed by atoms with van der Waals surface area (Å²) in [6, 6.07) is 5.00. The van der Waals surface area contributed by atoms with E-state index in [4.69, 9.17) is 5.11 Å². The third-order valence-electron chi connectivity index (χ3n) is 2.95. The van der Waals surface area contributed by atoms with Gasteiger partial charge in [-0.3, -0.25) is 4.79 Å². The van der Waals surface area contributed by atoms with Crippen molar-refractivity contribution in [2.45, 2.75) is 17.7 Å². The molecule has 0 bridgehead atoms. The Hall–Kier alpha value is -1.43. The fourth-order valence-corrected chi connectivity index (χ4v) is 3.66. The van der Waals surface area contributed by atoms with E-state index >= 15 is 0 Å². The molecule has 0 atom stereocenters. The minimum absolute atomic E-state index is 0.329. The number of carboxylic acids is 1. The predicted octanol–water partition coefficient (Wildman–Crippen LogP) is 1.46. The van der Waals surface area contributed by atoms with Gasteiger partial charge in [0.05, 0.1) is 11.2 Å². The number of hydrogen-bond acceptors (Lipinski definition) is 3. The van der Waals surface area contributed by atoms with E-state index in [-0.39, 0.29) is 0 Å². The summed E-state index contributed by atoms with van der Waals surface area (Å²) < 4.78 is 37.2. The maximum Gasteiger partial charge on any atom is 0.310 e. The summed E-state index contributed by atoms with van der Waals surface area (Å²) in [5.74, 6) is -2.50. The van der Waals surface area contributed by atoms with Crippen LogP contribution >= 0.6 is 0 Å². The molecule has 1 aromatic carbocycles. The molecule has 1 aliphatic carbocycles. The number of aliphatic carboxylic acids is 1. The van der Waals surface area contributed by atoms with E-state index in [1.807, 2.05) is 0 Å². The maximum absolute atomic E-state index is 13.4. The Morgan fingerprint density at radius 3 is 2.41 bits per heavy atom. The van der Waals surface area contributed by atoms with Crippen LogP contribution in [0.1, 0.15) is 12.8 Å². The summed E-state index contributed by atoms with van der Waals surface area (Å²) in [5, 5.41) is 8.93. The zero-order valence-corrected chi connectivity index (χ0v) is 9.71. The number of carbonyl (C=O) groups is 1. The van der Waals surface area contributed by atoms with Gasteiger partial charge in [-0.1, -0.05) is 12.1 Å². The van der Waals surface area contributed by atoms with Crippen molar-refractivity contribution >= 4 is 15.8 Å². The van der Waals surface area contributed by atoms with Gasteiger partial charge in [-0.15, -0.1) is 0 Å². The third kappa shape index (κ3) is 2.17. The summed E-state index contributed by atoms with van der Waals surface area (Å²) in [5.41, 5.74) is -1.21. The van der Waals surface area contributed by atoms with Crippen molar-refractivity contribution in [2.75, 3.05) is 5.75 Å². The van der Waals surface area contributed by atoms with Crippen molar-refractivity contribution < 1.29 is 22.7 Å². The van der Waals surface area contributed by atoms with Gasteiger partial charge >= 0.3 is 5.97 Å². The second-order valence-electron chi connectivity index (χ2n) is 4.27. The van der Waals surface area contributed by atoms with Gasteiger partial charge in [-0.05, 0) is 25.0 Å². The molecule has 0 aromatic heterocycles. The van der Waals surface area contributed by atoms with E-state index in [1.165, 1.54) is 12.1 Å². The largest absolute Gasteiger partial charge is 0.481 e. The minimum Gasteiger partial charge on any atom is -0.481 e. The summed E-state index contributed by atoms with van der Waals surface area (Å²) in [7, 11) is -3.89. The Kier molecular flexibility index (Phi) is 2.69. The van der Waals surface area contributed by atoms with Crippen LogP contribution in [-0.2, 0) is 14.6 Å². The zero-order chi connectivity index (χ0) is 12.7. The molecule has 1 aliphatic rings. The fraction of sp³-hybridized carbons (Fsp3) is 0.364. The van der Waals surface area contributed by atoms with Crippen LogP contribution in [0.5, 0.6) is 0 Å². The van der Waals surface area contributed by atoms with Crippen molar-refractivity contribution in [1.82, 2.24) is 0 Å². The lowest BCUT2D eigenvalue weighted by Gasteiger charge is -2.10. The highest BCUT2D eigenvalue weighted by atomic mass is 32.2. The maximum atomic E-state index is 13.4. The lowest BCUT2D eigenvalue weighted by molar-refractivity contribution is -0.142. The molecule has 0 radical (unpaired) electrons. The number of benzene rings is 1. The first kappa shape index (κ1) is 12.0. The molecule has 92 valence electrons. The SMILES string of the molecule is O=C(O)C1(CS(=O)(=O)c2ccccc2F)CC1. The van der Waals surface area contributed by atoms with Gasteiger partial charge in [-0.2, -0.15) is 0 Å². The molecule has 1 aromatic rings. The first-order valence-corrected chi connectivity index (χ1v) is 6.73. The monoisotopic (exact) mass is 258 g/mol. The van der Waals surface area contributed by atoms with Crippen LogP contribution in [0.4, 0.5) is 4.39 Å². The van der Waals surface area contributed by atoms with Crippen LogP contribution in [0.25, 0.3) is 0 Å². The molecule has 1 saturated carbocycles. The van der Waals surface area contributed by atoms with Crippen LogP contribution < -0.4 is 0 Å². The fourth-order valence-electron chi connectivity index (χ4n) is 1.71. The summed E-state index contributed by atoms with van der Waals surface area (Å²) in [6.07, 6.45) is 0.659. The summed E-state index contributed by atoms with van der Waals surface area (Å²) >= 11 is 0. The molecule has 0 heterocycles. The Morgan fingerprint density at radius 2 is 1.94 bits per heavy atom. The second-order valence-corrected chi connectivity index (χ2v) is 6.23. The lowest BCUT2D eigenvalue weighted by atomic mass is 10.1. The molecule has 0 saturated heterocycles. The Bertz CT molecular complexity index is 561. The molecule has 0 unspecified atom stereocenters. The van der Waals surface area contributed by atoms with Crippen molar-refractivity contribution in [2.24, 2.45) is 5.41 Å². The third-order valence-corrected chi connectivity index (χ3v) is 4.88. The number of halogens is 1. The number of carboxylic acid groups (broad SMARTS) is 1. The molecule has 0 amide bonds. The van der Waals surface area contributed by atoms with Crippen LogP contribution in [0.3, 0.4) is 0 Å². The number of sulfone groups is 1. The van der Waals surface area contributed by atoms with Gasteiger partial charge in [0.15, 0.2) is 9.84 Å². The van der Waals surface area contributed by atoms with Crippen molar-refractivity contribution in [1.29, 1.82) is 0 Å². The molecule has 1 fully saturated rings. The van der Waals surface area contributed by atoms with Crippen molar-refractivity contribution in [3.05, 3.63) is 30.1 Å². The highest BCUT2D eigenvalue weighted by molar-refractivity contribution is 7.91. The van der Waals surface area contributed by atoms with Gasteiger partial charge in [0.25, 0.3) is 0 Å². The average molecular weight is 258 g/mol. The Morgan fingerprint density at radius 1 is 1.35 bits per heavy atom. The van der Waals surface area contributed by atoms with Crippen molar-refractivity contribution in [3.8, 4) is 0 Å². The lowest BCUT2D eigenvalue weighted by Crippen LogP contribution is -2.25. The highest BCUT2D eigenvalue weighted by Crippen LogP contribution is 2.47. The summed E-state index contributed by atoms with van der Waals surface area (Å²) in [6.45, 7) is 0. The normalized spacial score (nSPS) is 17.7. The molecule has 1 N–H and O–H groups in total. The smallest absolute Gasteiger partial charge is 0.310 e. The van der Waals surface area contributed by atoms with Crippen LogP contribution in [0.2, 0.25) is 0 Å². The van der Waals surface area contributed by atoms with Gasteiger partial charge in [0.2, 0.25) is 0 Å². The molecule has 0 aliphatic heterocycles. The number of hydrogen-bond donors (Lipinski definition) is 1. The van der Waals surface area contributed by atoms with Gasteiger partial charge < -0.3 is 5.11 Å². The van der Waals surface area contributed by atoms with E-state index in [2.05, 4.69) is 0 Å². The van der Waals surface area contributed by atoms with E-state index in [0.29, 0.717) is 12.8 Å². The van der Waals surface area contributed by atoms with Gasteiger partial charge in [0.1, 0.15) is 10.7 Å². The van der Waals surface area contributed by atoms with E-state index < -0.39 is 37.7 Å². The van der Waals surface area contributed by atoms with E-state index in [0.717, 1.165) is 12.1 Å². The van der Waals surface area contributed by atoms with Crippen LogP contribution in [-0.4, -0.2) is 25.2 Å². The predicted molar refractivity (Wildman–Crippen MR) is 57.8 cm³/mol. The average Bonchev–Trinajstić information content (AvgIpc) is 2.98. The molecular weight excluding hydrogens is 247 g/mol. The summed E-state index contributed by atoms with van der Waals surface area (Å²) in [4.78, 5) is 10.5.